The van der Waals surface area contributed by atoms with E-state index >= 15 is 0 Å². The summed E-state index contributed by atoms with van der Waals surface area (Å²) in [5, 5.41) is 7.42. The average molecular weight is 403 g/mol. The van der Waals surface area contributed by atoms with E-state index in [2.05, 4.69) is 10.4 Å². The Labute approximate surface area is 173 Å². The third-order valence-corrected chi connectivity index (χ3v) is 4.65. The highest BCUT2D eigenvalue weighted by molar-refractivity contribution is 5.99. The molecule has 0 fully saturated rings. The van der Waals surface area contributed by atoms with E-state index in [0.29, 0.717) is 28.5 Å². The van der Waals surface area contributed by atoms with Crippen molar-refractivity contribution in [3.8, 4) is 28.3 Å². The number of rotatable bonds is 7. The lowest BCUT2D eigenvalue weighted by atomic mass is 10.1. The first kappa shape index (κ1) is 19.3. The maximum Gasteiger partial charge on any atom is 0.272 e. The van der Waals surface area contributed by atoms with Crippen LogP contribution in [0.5, 0.6) is 11.5 Å². The smallest absolute Gasteiger partial charge is 0.272 e. The van der Waals surface area contributed by atoms with Crippen LogP contribution in [0.15, 0.2) is 77.5 Å². The maximum atomic E-state index is 13.0. The van der Waals surface area contributed by atoms with Crippen molar-refractivity contribution >= 4 is 5.91 Å². The van der Waals surface area contributed by atoms with Crippen LogP contribution in [0.1, 0.15) is 16.2 Å². The molecule has 0 unspecified atom stereocenters. The summed E-state index contributed by atoms with van der Waals surface area (Å²) in [4.78, 5) is 13.0. The molecule has 0 radical (unpaired) electrons. The quantitative estimate of drug-likeness (QED) is 0.503. The molecule has 2 aromatic heterocycles. The zero-order valence-corrected chi connectivity index (χ0v) is 16.7. The fraction of sp³-hybridized carbons (Fsp3) is 0.130. The highest BCUT2D eigenvalue weighted by Crippen LogP contribution is 2.34. The molecule has 4 rings (SSSR count). The second-order valence-electron chi connectivity index (χ2n) is 6.50. The van der Waals surface area contributed by atoms with Gasteiger partial charge in [-0.25, -0.2) is 4.68 Å². The van der Waals surface area contributed by atoms with Crippen LogP contribution in [0, 0.1) is 0 Å². The van der Waals surface area contributed by atoms with Crippen LogP contribution in [0.25, 0.3) is 16.8 Å². The zero-order valence-electron chi connectivity index (χ0n) is 16.7. The molecule has 2 heterocycles. The van der Waals surface area contributed by atoms with E-state index in [1.807, 2.05) is 48.7 Å². The number of carbonyl (C=O) groups is 1. The molecular weight excluding hydrogens is 382 g/mol. The molecule has 4 aromatic rings. The van der Waals surface area contributed by atoms with Crippen molar-refractivity contribution in [2.24, 2.45) is 0 Å². The SMILES string of the molecule is COc1ccc(-c2cn(-c3ccccc3)nc2C(=O)NCc2ccco2)cc1OC. The number of ether oxygens (including phenoxy) is 2. The summed E-state index contributed by atoms with van der Waals surface area (Å²) in [6.45, 7) is 0.273. The number of carbonyl (C=O) groups excluding carboxylic acids is 1. The molecule has 0 bridgehead atoms. The number of hydrogen-bond donors (Lipinski definition) is 1. The van der Waals surface area contributed by atoms with Crippen molar-refractivity contribution in [2.45, 2.75) is 6.54 Å². The summed E-state index contributed by atoms with van der Waals surface area (Å²) in [6.07, 6.45) is 3.40. The second-order valence-corrected chi connectivity index (χ2v) is 6.50. The van der Waals surface area contributed by atoms with Gasteiger partial charge >= 0.3 is 0 Å². The van der Waals surface area contributed by atoms with Gasteiger partial charge < -0.3 is 19.2 Å². The standard InChI is InChI=1S/C23H21N3O4/c1-28-20-11-10-16(13-21(20)29-2)19-15-26(17-7-4-3-5-8-17)25-22(19)23(27)24-14-18-9-6-12-30-18/h3-13,15H,14H2,1-2H3,(H,24,27). The van der Waals surface area contributed by atoms with Crippen LogP contribution in [-0.4, -0.2) is 29.9 Å². The Hall–Kier alpha value is -4.00. The van der Waals surface area contributed by atoms with Crippen molar-refractivity contribution < 1.29 is 18.7 Å². The van der Waals surface area contributed by atoms with Crippen LogP contribution in [0.3, 0.4) is 0 Å². The Kier molecular flexibility index (Phi) is 5.52. The minimum absolute atomic E-state index is 0.273. The molecular formula is C23H21N3O4. The average Bonchev–Trinajstić information content (AvgIpc) is 3.48. The molecule has 0 aliphatic carbocycles. The number of furan rings is 1. The third kappa shape index (κ3) is 3.91. The second kappa shape index (κ2) is 8.57. The van der Waals surface area contributed by atoms with Crippen LogP contribution < -0.4 is 14.8 Å². The van der Waals surface area contributed by atoms with Gasteiger partial charge in [0.2, 0.25) is 0 Å². The first-order chi connectivity index (χ1) is 14.7. The van der Waals surface area contributed by atoms with Gasteiger partial charge in [-0.3, -0.25) is 4.79 Å². The highest BCUT2D eigenvalue weighted by atomic mass is 16.5. The minimum Gasteiger partial charge on any atom is -0.493 e. The maximum absolute atomic E-state index is 13.0. The van der Waals surface area contributed by atoms with E-state index in [-0.39, 0.29) is 12.5 Å². The van der Waals surface area contributed by atoms with Gasteiger partial charge in [-0.05, 0) is 42.0 Å². The molecule has 1 amide bonds. The molecule has 0 atom stereocenters. The lowest BCUT2D eigenvalue weighted by Crippen LogP contribution is -2.23. The minimum atomic E-state index is -0.300. The molecule has 152 valence electrons. The summed E-state index contributed by atoms with van der Waals surface area (Å²) in [5.74, 6) is 1.55. The van der Waals surface area contributed by atoms with Crippen LogP contribution >= 0.6 is 0 Å². The van der Waals surface area contributed by atoms with E-state index < -0.39 is 0 Å². The number of para-hydroxylation sites is 1. The molecule has 2 aromatic carbocycles. The summed E-state index contributed by atoms with van der Waals surface area (Å²) in [7, 11) is 3.16. The van der Waals surface area contributed by atoms with Crippen LogP contribution in [-0.2, 0) is 6.54 Å². The molecule has 1 N–H and O–H groups in total. The van der Waals surface area contributed by atoms with Gasteiger partial charge in [0.1, 0.15) is 5.76 Å². The topological polar surface area (TPSA) is 78.5 Å². The van der Waals surface area contributed by atoms with Gasteiger partial charge in [0.25, 0.3) is 5.91 Å². The predicted octanol–water partition coefficient (Wildman–Crippen LogP) is 4.08. The number of amides is 1. The van der Waals surface area contributed by atoms with E-state index in [9.17, 15) is 4.79 Å². The third-order valence-electron chi connectivity index (χ3n) is 4.65. The van der Waals surface area contributed by atoms with Gasteiger partial charge in [-0.1, -0.05) is 24.3 Å². The molecule has 7 heteroatoms. The number of nitrogens with one attached hydrogen (secondary N) is 1. The van der Waals surface area contributed by atoms with Gasteiger partial charge in [0, 0.05) is 11.8 Å². The molecule has 0 spiro atoms. The summed E-state index contributed by atoms with van der Waals surface area (Å²) in [6, 6.07) is 18.7. The van der Waals surface area contributed by atoms with Crippen molar-refractivity contribution in [1.82, 2.24) is 15.1 Å². The van der Waals surface area contributed by atoms with Crippen molar-refractivity contribution in [3.63, 3.8) is 0 Å². The normalized spacial score (nSPS) is 10.6. The fourth-order valence-electron chi connectivity index (χ4n) is 3.13. The van der Waals surface area contributed by atoms with E-state index in [0.717, 1.165) is 11.3 Å². The van der Waals surface area contributed by atoms with E-state index in [1.54, 1.807) is 43.4 Å². The monoisotopic (exact) mass is 403 g/mol. The van der Waals surface area contributed by atoms with Crippen molar-refractivity contribution in [2.75, 3.05) is 14.2 Å². The molecule has 0 aliphatic heterocycles. The summed E-state index contributed by atoms with van der Waals surface area (Å²) < 4.78 is 17.7. The number of nitrogens with zero attached hydrogens (tertiary/aromatic N) is 2. The summed E-state index contributed by atoms with van der Waals surface area (Å²) >= 11 is 0. The summed E-state index contributed by atoms with van der Waals surface area (Å²) in [5.41, 5.74) is 2.62. The first-order valence-corrected chi connectivity index (χ1v) is 9.37. The largest absolute Gasteiger partial charge is 0.493 e. The van der Waals surface area contributed by atoms with E-state index in [4.69, 9.17) is 13.9 Å². The molecule has 7 nitrogen and oxygen atoms in total. The Bertz CT molecular complexity index is 1130. The number of benzene rings is 2. The molecule has 0 saturated heterocycles. The Morgan fingerprint density at radius 3 is 2.53 bits per heavy atom. The number of methoxy groups -OCH3 is 2. The number of hydrogen-bond acceptors (Lipinski definition) is 5. The first-order valence-electron chi connectivity index (χ1n) is 9.37. The van der Waals surface area contributed by atoms with Crippen LogP contribution in [0.2, 0.25) is 0 Å². The number of aromatic nitrogens is 2. The van der Waals surface area contributed by atoms with Gasteiger partial charge in [-0.15, -0.1) is 0 Å². The fourth-order valence-corrected chi connectivity index (χ4v) is 3.13. The Morgan fingerprint density at radius 1 is 1.03 bits per heavy atom. The molecule has 30 heavy (non-hydrogen) atoms. The lowest BCUT2D eigenvalue weighted by Gasteiger charge is -2.09. The molecule has 0 saturated carbocycles. The zero-order chi connectivity index (χ0) is 20.9. The lowest BCUT2D eigenvalue weighted by molar-refractivity contribution is 0.0943. The van der Waals surface area contributed by atoms with Crippen LogP contribution in [0.4, 0.5) is 0 Å². The Morgan fingerprint density at radius 2 is 1.83 bits per heavy atom. The van der Waals surface area contributed by atoms with E-state index in [1.165, 1.54) is 0 Å². The van der Waals surface area contributed by atoms with Gasteiger partial charge in [-0.2, -0.15) is 5.10 Å². The predicted molar refractivity (Wildman–Crippen MR) is 112 cm³/mol. The van der Waals surface area contributed by atoms with Gasteiger partial charge in [0.05, 0.1) is 32.7 Å². The highest BCUT2D eigenvalue weighted by Gasteiger charge is 2.20. The van der Waals surface area contributed by atoms with Crippen molar-refractivity contribution in [3.05, 3.63) is 84.6 Å². The van der Waals surface area contributed by atoms with Gasteiger partial charge in [0.15, 0.2) is 17.2 Å². The van der Waals surface area contributed by atoms with Crippen molar-refractivity contribution in [1.29, 1.82) is 0 Å². The Balaban J connectivity index is 1.74. The molecule has 0 aliphatic rings.